The van der Waals surface area contributed by atoms with Crippen LogP contribution in [0.2, 0.25) is 0 Å². The maximum atomic E-state index is 11.6. The van der Waals surface area contributed by atoms with Crippen LogP contribution in [-0.4, -0.2) is 22.6 Å². The summed E-state index contributed by atoms with van der Waals surface area (Å²) in [5.41, 5.74) is 1.85. The number of hydrogen-bond acceptors (Lipinski definition) is 5. The second-order valence-corrected chi connectivity index (χ2v) is 6.25. The Balaban J connectivity index is 1.58. The van der Waals surface area contributed by atoms with Crippen LogP contribution in [0.5, 0.6) is 0 Å². The largest absolute Gasteiger partial charge is 0.364 e. The predicted octanol–water partition coefficient (Wildman–Crippen LogP) is 2.39. The number of hydrogen-bond donors (Lipinski definition) is 2. The number of carbonyl (C=O) groups excluding carboxylic acids is 1. The summed E-state index contributed by atoms with van der Waals surface area (Å²) in [6.45, 7) is 3.22. The zero-order valence-corrected chi connectivity index (χ0v) is 12.8. The molecule has 0 aliphatic heterocycles. The van der Waals surface area contributed by atoms with E-state index in [0.717, 1.165) is 6.54 Å². The first-order valence-electron chi connectivity index (χ1n) is 7.22. The molecule has 2 N–H and O–H groups in total. The van der Waals surface area contributed by atoms with E-state index >= 15 is 0 Å². The number of carbonyl (C=O) groups is 1. The highest BCUT2D eigenvalue weighted by molar-refractivity contribution is 7.12. The molecule has 0 unspecified atom stereocenters. The van der Waals surface area contributed by atoms with Crippen molar-refractivity contribution in [1.82, 2.24) is 15.5 Å². The molecule has 21 heavy (non-hydrogen) atoms. The molecule has 0 bridgehead atoms. The molecule has 0 aromatic carbocycles. The van der Waals surface area contributed by atoms with Crippen molar-refractivity contribution in [3.8, 4) is 0 Å². The number of nitrogens with zero attached hydrogens (tertiary/aromatic N) is 2. The molecular formula is C15H18N4OS. The Bertz CT molecular complexity index is 614. The van der Waals surface area contributed by atoms with Gasteiger partial charge in [-0.1, -0.05) is 0 Å². The third-order valence-electron chi connectivity index (χ3n) is 3.48. The average molecular weight is 302 g/mol. The van der Waals surface area contributed by atoms with Crippen LogP contribution in [0.15, 0.2) is 18.2 Å². The summed E-state index contributed by atoms with van der Waals surface area (Å²) in [7, 11) is 0. The van der Waals surface area contributed by atoms with Crippen molar-refractivity contribution in [3.63, 3.8) is 0 Å². The molecule has 0 saturated heterocycles. The zero-order valence-electron chi connectivity index (χ0n) is 12.0. The Kier molecular flexibility index (Phi) is 4.15. The maximum Gasteiger partial charge on any atom is 0.271 e. The predicted molar refractivity (Wildman–Crippen MR) is 83.7 cm³/mol. The minimum atomic E-state index is -0.189. The second kappa shape index (κ2) is 6.22. The van der Waals surface area contributed by atoms with Gasteiger partial charge in [0.2, 0.25) is 0 Å². The quantitative estimate of drug-likeness (QED) is 0.890. The summed E-state index contributed by atoms with van der Waals surface area (Å²) in [5.74, 6) is 0.503. The highest BCUT2D eigenvalue weighted by Gasteiger charge is 2.14. The van der Waals surface area contributed by atoms with Gasteiger partial charge in [-0.05, 0) is 49.9 Å². The summed E-state index contributed by atoms with van der Waals surface area (Å²) in [6, 6.07) is 5.77. The molecule has 110 valence electrons. The lowest BCUT2D eigenvalue weighted by Crippen LogP contribution is -2.24. The van der Waals surface area contributed by atoms with Crippen molar-refractivity contribution in [3.05, 3.63) is 39.2 Å². The van der Waals surface area contributed by atoms with Crippen molar-refractivity contribution in [1.29, 1.82) is 0 Å². The van der Waals surface area contributed by atoms with Gasteiger partial charge in [0.15, 0.2) is 5.69 Å². The molecular weight excluding hydrogens is 284 g/mol. The van der Waals surface area contributed by atoms with Crippen molar-refractivity contribution in [2.45, 2.75) is 32.7 Å². The van der Waals surface area contributed by atoms with Gasteiger partial charge >= 0.3 is 0 Å². The zero-order chi connectivity index (χ0) is 14.7. The molecule has 0 spiro atoms. The fourth-order valence-electron chi connectivity index (χ4n) is 2.45. The van der Waals surface area contributed by atoms with Gasteiger partial charge in [-0.3, -0.25) is 4.79 Å². The molecule has 0 radical (unpaired) electrons. The molecule has 1 aliphatic carbocycles. The number of anilines is 1. The van der Waals surface area contributed by atoms with Crippen LogP contribution < -0.4 is 10.6 Å². The van der Waals surface area contributed by atoms with Crippen molar-refractivity contribution >= 4 is 23.1 Å². The minimum absolute atomic E-state index is 0.189. The van der Waals surface area contributed by atoms with Crippen LogP contribution in [0.3, 0.4) is 0 Å². The number of aromatic nitrogens is 2. The molecule has 6 heteroatoms. The van der Waals surface area contributed by atoms with E-state index in [1.807, 2.05) is 18.3 Å². The van der Waals surface area contributed by atoms with E-state index in [2.05, 4.69) is 26.9 Å². The van der Waals surface area contributed by atoms with Crippen LogP contribution in [0.4, 0.5) is 5.82 Å². The van der Waals surface area contributed by atoms with Gasteiger partial charge in [0.25, 0.3) is 5.91 Å². The summed E-state index contributed by atoms with van der Waals surface area (Å²) >= 11 is 1.88. The number of nitrogens with one attached hydrogen (secondary N) is 2. The highest BCUT2D eigenvalue weighted by atomic mass is 32.1. The number of rotatable bonds is 5. The summed E-state index contributed by atoms with van der Waals surface area (Å²) in [4.78, 5) is 14.4. The molecule has 0 atom stereocenters. The molecule has 0 saturated carbocycles. The van der Waals surface area contributed by atoms with E-state index < -0.39 is 0 Å². The van der Waals surface area contributed by atoms with Crippen LogP contribution in [0, 0.1) is 0 Å². The molecule has 2 aromatic rings. The normalized spacial score (nSPS) is 13.0. The number of fused-ring (bicyclic) bond motifs is 1. The van der Waals surface area contributed by atoms with E-state index in [1.54, 1.807) is 12.1 Å². The van der Waals surface area contributed by atoms with Gasteiger partial charge in [0.1, 0.15) is 5.82 Å². The Morgan fingerprint density at radius 3 is 2.95 bits per heavy atom. The first-order chi connectivity index (χ1) is 10.3. The van der Waals surface area contributed by atoms with Gasteiger partial charge in [-0.2, -0.15) is 0 Å². The molecule has 3 rings (SSSR count). The van der Waals surface area contributed by atoms with Crippen molar-refractivity contribution < 1.29 is 4.79 Å². The van der Waals surface area contributed by atoms with Gasteiger partial charge in [0.05, 0.1) is 6.54 Å². The SMILES string of the molecule is CCNC(=O)c1ccc(NCc2cc3c(s2)CCC3)nn1. The van der Waals surface area contributed by atoms with Gasteiger partial charge in [-0.15, -0.1) is 21.5 Å². The summed E-state index contributed by atoms with van der Waals surface area (Å²) < 4.78 is 0. The van der Waals surface area contributed by atoms with E-state index in [1.165, 1.54) is 34.6 Å². The summed E-state index contributed by atoms with van der Waals surface area (Å²) in [6.07, 6.45) is 3.73. The molecule has 2 heterocycles. The third kappa shape index (κ3) is 3.21. The number of aryl methyl sites for hydroxylation is 2. The second-order valence-electron chi connectivity index (χ2n) is 5.03. The number of thiophene rings is 1. The molecule has 0 fully saturated rings. The lowest BCUT2D eigenvalue weighted by atomic mass is 10.2. The molecule has 1 amide bonds. The summed E-state index contributed by atoms with van der Waals surface area (Å²) in [5, 5.41) is 13.9. The Labute approximate surface area is 127 Å². The van der Waals surface area contributed by atoms with E-state index in [4.69, 9.17) is 0 Å². The van der Waals surface area contributed by atoms with E-state index in [9.17, 15) is 4.79 Å². The monoisotopic (exact) mass is 302 g/mol. The smallest absolute Gasteiger partial charge is 0.271 e. The number of amides is 1. The standard InChI is InChI=1S/C15H18N4OS/c1-2-16-15(20)12-6-7-14(19-18-12)17-9-11-8-10-4-3-5-13(10)21-11/h6-8H,2-5,9H2,1H3,(H,16,20)(H,17,19). The lowest BCUT2D eigenvalue weighted by Gasteiger charge is -2.04. The molecule has 1 aliphatic rings. The molecule has 5 nitrogen and oxygen atoms in total. The van der Waals surface area contributed by atoms with E-state index in [-0.39, 0.29) is 5.91 Å². The van der Waals surface area contributed by atoms with Gasteiger partial charge < -0.3 is 10.6 Å². The minimum Gasteiger partial charge on any atom is -0.364 e. The van der Waals surface area contributed by atoms with Crippen LogP contribution in [0.25, 0.3) is 0 Å². The Hall–Kier alpha value is -1.95. The first kappa shape index (κ1) is 14.0. The lowest BCUT2D eigenvalue weighted by molar-refractivity contribution is 0.0950. The van der Waals surface area contributed by atoms with Crippen LogP contribution >= 0.6 is 11.3 Å². The van der Waals surface area contributed by atoms with Crippen molar-refractivity contribution in [2.75, 3.05) is 11.9 Å². The van der Waals surface area contributed by atoms with E-state index in [0.29, 0.717) is 18.1 Å². The highest BCUT2D eigenvalue weighted by Crippen LogP contribution is 2.30. The molecule has 2 aromatic heterocycles. The Morgan fingerprint density at radius 2 is 2.24 bits per heavy atom. The van der Waals surface area contributed by atoms with Gasteiger partial charge in [0, 0.05) is 16.3 Å². The first-order valence-corrected chi connectivity index (χ1v) is 8.04. The van der Waals surface area contributed by atoms with Crippen molar-refractivity contribution in [2.24, 2.45) is 0 Å². The average Bonchev–Trinajstić information content (AvgIpc) is 3.07. The topological polar surface area (TPSA) is 66.9 Å². The third-order valence-corrected chi connectivity index (χ3v) is 4.71. The van der Waals surface area contributed by atoms with Crippen LogP contribution in [-0.2, 0) is 19.4 Å². The van der Waals surface area contributed by atoms with Crippen LogP contribution in [0.1, 0.15) is 39.2 Å². The maximum absolute atomic E-state index is 11.6. The fourth-order valence-corrected chi connectivity index (χ4v) is 3.65. The van der Waals surface area contributed by atoms with Gasteiger partial charge in [-0.25, -0.2) is 0 Å². The Morgan fingerprint density at radius 1 is 1.33 bits per heavy atom. The fraction of sp³-hybridized carbons (Fsp3) is 0.400.